The largest absolute Gasteiger partial charge is 0.478 e. The Labute approximate surface area is 124 Å². The van der Waals surface area contributed by atoms with E-state index in [1.165, 1.54) is 24.6 Å². The van der Waals surface area contributed by atoms with Gasteiger partial charge in [-0.05, 0) is 18.2 Å². The number of benzene rings is 1. The van der Waals surface area contributed by atoms with E-state index in [0.29, 0.717) is 16.5 Å². The number of aromatic nitrogens is 1. The molecular weight excluding hydrogens is 286 g/mol. The van der Waals surface area contributed by atoms with Crippen molar-refractivity contribution in [1.82, 2.24) is 10.4 Å². The normalized spacial score (nSPS) is 11.1. The van der Waals surface area contributed by atoms with E-state index in [2.05, 4.69) is 15.5 Å². The van der Waals surface area contributed by atoms with E-state index in [9.17, 15) is 9.59 Å². The van der Waals surface area contributed by atoms with Gasteiger partial charge in [0.2, 0.25) is 0 Å². The van der Waals surface area contributed by atoms with Crippen LogP contribution in [0.5, 0.6) is 0 Å². The molecular formula is C15H11N3O4. The SMILES string of the molecule is O=C(N/N=C\c1c[nH]c2c(C(=O)O)cccc12)c1ccco1. The number of aromatic amines is 1. The van der Waals surface area contributed by atoms with E-state index in [1.54, 1.807) is 24.4 Å². The molecule has 110 valence electrons. The molecule has 7 nitrogen and oxygen atoms in total. The number of H-pyrrole nitrogens is 1. The number of carboxylic acid groups (broad SMARTS) is 1. The Kier molecular flexibility index (Phi) is 3.45. The predicted molar refractivity (Wildman–Crippen MR) is 79.0 cm³/mol. The summed E-state index contributed by atoms with van der Waals surface area (Å²) < 4.78 is 4.94. The molecule has 3 N–H and O–H groups in total. The van der Waals surface area contributed by atoms with Gasteiger partial charge < -0.3 is 14.5 Å². The molecule has 0 aliphatic carbocycles. The maximum atomic E-state index is 11.6. The number of carbonyl (C=O) groups excluding carboxylic acids is 1. The molecule has 7 heteroatoms. The summed E-state index contributed by atoms with van der Waals surface area (Å²) in [5, 5.41) is 13.7. The van der Waals surface area contributed by atoms with Crippen LogP contribution in [0.25, 0.3) is 10.9 Å². The standard InChI is InChI=1S/C15H11N3O4/c19-14(12-5-2-6-22-12)18-17-8-9-7-16-13-10(9)3-1-4-11(13)15(20)21/h1-8,16H,(H,18,19)(H,20,21)/b17-8-. The van der Waals surface area contributed by atoms with Crippen LogP contribution in [0.2, 0.25) is 0 Å². The van der Waals surface area contributed by atoms with Crippen LogP contribution in [0, 0.1) is 0 Å². The third-order valence-corrected chi connectivity index (χ3v) is 3.09. The molecule has 0 atom stereocenters. The van der Waals surface area contributed by atoms with Crippen LogP contribution >= 0.6 is 0 Å². The van der Waals surface area contributed by atoms with Gasteiger partial charge in [-0.2, -0.15) is 5.10 Å². The number of rotatable bonds is 4. The lowest BCUT2D eigenvalue weighted by molar-refractivity contribution is 0.0698. The van der Waals surface area contributed by atoms with Gasteiger partial charge in [-0.1, -0.05) is 12.1 Å². The molecule has 2 aromatic heterocycles. The number of hydrogen-bond acceptors (Lipinski definition) is 4. The summed E-state index contributed by atoms with van der Waals surface area (Å²) >= 11 is 0. The summed E-state index contributed by atoms with van der Waals surface area (Å²) in [7, 11) is 0. The summed E-state index contributed by atoms with van der Waals surface area (Å²) in [6.07, 6.45) is 4.46. The molecule has 0 spiro atoms. The number of furan rings is 1. The van der Waals surface area contributed by atoms with E-state index in [1.807, 2.05) is 0 Å². The molecule has 0 bridgehead atoms. The lowest BCUT2D eigenvalue weighted by Crippen LogP contribution is -2.16. The fourth-order valence-corrected chi connectivity index (χ4v) is 2.08. The van der Waals surface area contributed by atoms with E-state index in [-0.39, 0.29) is 11.3 Å². The molecule has 22 heavy (non-hydrogen) atoms. The molecule has 1 amide bonds. The Morgan fingerprint density at radius 1 is 1.27 bits per heavy atom. The van der Waals surface area contributed by atoms with Crippen molar-refractivity contribution in [2.75, 3.05) is 0 Å². The number of para-hydroxylation sites is 1. The summed E-state index contributed by atoms with van der Waals surface area (Å²) in [4.78, 5) is 25.7. The first-order chi connectivity index (χ1) is 10.7. The molecule has 0 saturated heterocycles. The monoisotopic (exact) mass is 297 g/mol. The van der Waals surface area contributed by atoms with Gasteiger partial charge in [0.1, 0.15) is 0 Å². The van der Waals surface area contributed by atoms with Crippen LogP contribution in [-0.4, -0.2) is 28.2 Å². The van der Waals surface area contributed by atoms with Crippen molar-refractivity contribution >= 4 is 29.0 Å². The quantitative estimate of drug-likeness (QED) is 0.507. The fraction of sp³-hybridized carbons (Fsp3) is 0. The van der Waals surface area contributed by atoms with Gasteiger partial charge in [0.05, 0.1) is 23.6 Å². The maximum Gasteiger partial charge on any atom is 0.337 e. The van der Waals surface area contributed by atoms with Crippen molar-refractivity contribution in [2.45, 2.75) is 0 Å². The number of carbonyl (C=O) groups is 2. The summed E-state index contributed by atoms with van der Waals surface area (Å²) in [5.74, 6) is -1.32. The molecule has 1 aromatic carbocycles. The predicted octanol–water partition coefficient (Wildman–Crippen LogP) is 2.22. The lowest BCUT2D eigenvalue weighted by Gasteiger charge is -1.97. The van der Waals surface area contributed by atoms with Crippen LogP contribution in [0.15, 0.2) is 52.3 Å². The first-order valence-corrected chi connectivity index (χ1v) is 6.37. The number of amides is 1. The molecule has 3 rings (SSSR count). The fourth-order valence-electron chi connectivity index (χ4n) is 2.08. The first-order valence-electron chi connectivity index (χ1n) is 6.37. The van der Waals surface area contributed by atoms with Crippen LogP contribution in [0.4, 0.5) is 0 Å². The average molecular weight is 297 g/mol. The number of nitrogens with one attached hydrogen (secondary N) is 2. The summed E-state index contributed by atoms with van der Waals surface area (Å²) in [6.45, 7) is 0. The topological polar surface area (TPSA) is 108 Å². The number of hydrazone groups is 1. The Hall–Kier alpha value is -3.35. The van der Waals surface area contributed by atoms with Gasteiger partial charge in [-0.3, -0.25) is 4.79 Å². The second kappa shape index (κ2) is 5.57. The molecule has 0 aliphatic heterocycles. The van der Waals surface area contributed by atoms with Crippen molar-refractivity contribution in [3.8, 4) is 0 Å². The Bertz CT molecular complexity index is 862. The van der Waals surface area contributed by atoms with Gasteiger partial charge in [0, 0.05) is 17.1 Å². The highest BCUT2D eigenvalue weighted by atomic mass is 16.4. The molecule has 3 aromatic rings. The minimum absolute atomic E-state index is 0.157. The van der Waals surface area contributed by atoms with E-state index >= 15 is 0 Å². The smallest absolute Gasteiger partial charge is 0.337 e. The van der Waals surface area contributed by atoms with Gasteiger partial charge in [0.15, 0.2) is 5.76 Å². The zero-order valence-corrected chi connectivity index (χ0v) is 11.2. The number of hydrogen-bond donors (Lipinski definition) is 3. The second-order valence-electron chi connectivity index (χ2n) is 4.45. The molecule has 2 heterocycles. The van der Waals surface area contributed by atoms with E-state index < -0.39 is 11.9 Å². The van der Waals surface area contributed by atoms with Gasteiger partial charge in [-0.25, -0.2) is 10.2 Å². The van der Waals surface area contributed by atoms with Crippen LogP contribution in [0.3, 0.4) is 0 Å². The minimum Gasteiger partial charge on any atom is -0.478 e. The molecule has 0 aliphatic rings. The minimum atomic E-state index is -1.01. The van der Waals surface area contributed by atoms with Gasteiger partial charge in [0.25, 0.3) is 0 Å². The average Bonchev–Trinajstić information content (AvgIpc) is 3.16. The van der Waals surface area contributed by atoms with Crippen molar-refractivity contribution < 1.29 is 19.1 Å². The third kappa shape index (κ3) is 2.47. The van der Waals surface area contributed by atoms with Crippen molar-refractivity contribution in [3.05, 3.63) is 59.7 Å². The number of nitrogens with zero attached hydrogens (tertiary/aromatic N) is 1. The number of aromatic carboxylic acids is 1. The number of carboxylic acids is 1. The van der Waals surface area contributed by atoms with Crippen LogP contribution in [-0.2, 0) is 0 Å². The van der Waals surface area contributed by atoms with Gasteiger partial charge in [-0.15, -0.1) is 0 Å². The molecule has 0 fully saturated rings. The molecule has 0 radical (unpaired) electrons. The van der Waals surface area contributed by atoms with Gasteiger partial charge >= 0.3 is 11.9 Å². The zero-order valence-electron chi connectivity index (χ0n) is 11.2. The van der Waals surface area contributed by atoms with Crippen molar-refractivity contribution in [3.63, 3.8) is 0 Å². The van der Waals surface area contributed by atoms with Crippen LogP contribution in [0.1, 0.15) is 26.5 Å². The van der Waals surface area contributed by atoms with Crippen molar-refractivity contribution in [2.24, 2.45) is 5.10 Å². The second-order valence-corrected chi connectivity index (χ2v) is 4.45. The Balaban J connectivity index is 1.82. The highest BCUT2D eigenvalue weighted by molar-refractivity contribution is 6.07. The first kappa shape index (κ1) is 13.6. The molecule has 0 unspecified atom stereocenters. The summed E-state index contributed by atoms with van der Waals surface area (Å²) in [5.41, 5.74) is 3.68. The molecule has 0 saturated carbocycles. The highest BCUT2D eigenvalue weighted by Gasteiger charge is 2.11. The van der Waals surface area contributed by atoms with E-state index in [4.69, 9.17) is 9.52 Å². The highest BCUT2D eigenvalue weighted by Crippen LogP contribution is 2.20. The number of fused-ring (bicyclic) bond motifs is 1. The van der Waals surface area contributed by atoms with E-state index in [0.717, 1.165) is 0 Å². The Morgan fingerprint density at radius 3 is 2.86 bits per heavy atom. The van der Waals surface area contributed by atoms with Crippen molar-refractivity contribution in [1.29, 1.82) is 0 Å². The van der Waals surface area contributed by atoms with Crippen LogP contribution < -0.4 is 5.43 Å². The summed E-state index contributed by atoms with van der Waals surface area (Å²) in [6, 6.07) is 8.06. The maximum absolute atomic E-state index is 11.6. The lowest BCUT2D eigenvalue weighted by atomic mass is 10.1. The Morgan fingerprint density at radius 2 is 2.14 bits per heavy atom. The zero-order chi connectivity index (χ0) is 15.5. The third-order valence-electron chi connectivity index (χ3n) is 3.09.